The molecule has 0 aromatic heterocycles. The minimum Gasteiger partial charge on any atom is -0.508 e. The van der Waals surface area contributed by atoms with Crippen LogP contribution >= 0.6 is 0 Å². The summed E-state index contributed by atoms with van der Waals surface area (Å²) in [6.45, 7) is 9.30. The second kappa shape index (κ2) is 8.73. The van der Waals surface area contributed by atoms with Gasteiger partial charge in [-0.05, 0) is 54.5 Å². The molecule has 1 aromatic rings. The second-order valence-electron chi connectivity index (χ2n) is 6.12. The van der Waals surface area contributed by atoms with Gasteiger partial charge in [0.15, 0.2) is 0 Å². The van der Waals surface area contributed by atoms with Crippen LogP contribution < -0.4 is 0 Å². The topological polar surface area (TPSA) is 29.5 Å². The van der Waals surface area contributed by atoms with E-state index in [9.17, 15) is 5.11 Å². The highest BCUT2D eigenvalue weighted by molar-refractivity contribution is 5.53. The fourth-order valence-corrected chi connectivity index (χ4v) is 3.01. The fraction of sp³-hybridized carbons (Fsp3) is 0.429. The van der Waals surface area contributed by atoms with E-state index < -0.39 is 0 Å². The van der Waals surface area contributed by atoms with Crippen LogP contribution in [0.2, 0.25) is 0 Å². The molecule has 1 aliphatic rings. The van der Waals surface area contributed by atoms with E-state index >= 15 is 0 Å². The molecule has 0 bridgehead atoms. The molecule has 1 unspecified atom stereocenters. The first kappa shape index (κ1) is 17.6. The van der Waals surface area contributed by atoms with Gasteiger partial charge in [-0.1, -0.05) is 56.7 Å². The summed E-state index contributed by atoms with van der Waals surface area (Å²) in [7, 11) is 0. The van der Waals surface area contributed by atoms with Crippen LogP contribution in [-0.2, 0) is 4.74 Å². The number of hydrogen-bond donors (Lipinski definition) is 1. The Morgan fingerprint density at radius 1 is 1.26 bits per heavy atom. The Hall–Kier alpha value is -1.80. The average Bonchev–Trinajstić information content (AvgIpc) is 3.02. The zero-order chi connectivity index (χ0) is 16.7. The first-order chi connectivity index (χ1) is 11.1. The molecule has 0 fully saturated rings. The fourth-order valence-electron chi connectivity index (χ4n) is 3.01. The molecular formula is C21H28O2. The maximum atomic E-state index is 9.37. The van der Waals surface area contributed by atoms with Gasteiger partial charge in [0.2, 0.25) is 0 Å². The summed E-state index contributed by atoms with van der Waals surface area (Å²) < 4.78 is 5.88. The average molecular weight is 312 g/mol. The van der Waals surface area contributed by atoms with Gasteiger partial charge in [-0.3, -0.25) is 0 Å². The van der Waals surface area contributed by atoms with Crippen molar-refractivity contribution in [3.05, 3.63) is 59.2 Å². The summed E-state index contributed by atoms with van der Waals surface area (Å²) >= 11 is 0. The zero-order valence-electron chi connectivity index (χ0n) is 14.3. The van der Waals surface area contributed by atoms with Crippen molar-refractivity contribution in [1.82, 2.24) is 0 Å². The highest BCUT2D eigenvalue weighted by Gasteiger charge is 2.21. The lowest BCUT2D eigenvalue weighted by atomic mass is 9.94. The van der Waals surface area contributed by atoms with Gasteiger partial charge in [0, 0.05) is 0 Å². The Bertz CT molecular complexity index is 578. The molecular weight excluding hydrogens is 284 g/mol. The number of allylic oxidation sites excluding steroid dienone is 1. The van der Waals surface area contributed by atoms with Gasteiger partial charge in [-0.15, -0.1) is 0 Å². The lowest BCUT2D eigenvalue weighted by Gasteiger charge is -2.17. The third kappa shape index (κ3) is 5.11. The molecule has 1 heterocycles. The van der Waals surface area contributed by atoms with Crippen molar-refractivity contribution in [2.45, 2.75) is 52.1 Å². The normalized spacial score (nSPS) is 18.1. The Labute approximate surface area is 140 Å². The predicted molar refractivity (Wildman–Crippen MR) is 97.5 cm³/mol. The van der Waals surface area contributed by atoms with Crippen LogP contribution in [0.3, 0.4) is 0 Å². The predicted octanol–water partition coefficient (Wildman–Crippen LogP) is 5.65. The summed E-state index contributed by atoms with van der Waals surface area (Å²) in [5, 5.41) is 9.37. The van der Waals surface area contributed by atoms with Crippen molar-refractivity contribution in [3.8, 4) is 5.75 Å². The smallest absolute Gasteiger partial charge is 0.115 e. The molecule has 0 aliphatic carbocycles. The van der Waals surface area contributed by atoms with Crippen LogP contribution in [0.5, 0.6) is 5.75 Å². The van der Waals surface area contributed by atoms with E-state index in [4.69, 9.17) is 4.74 Å². The maximum Gasteiger partial charge on any atom is 0.115 e. The molecule has 23 heavy (non-hydrogen) atoms. The Morgan fingerprint density at radius 3 is 2.65 bits per heavy atom. The number of phenols is 1. The summed E-state index contributed by atoms with van der Waals surface area (Å²) in [6.07, 6.45) is 9.85. The van der Waals surface area contributed by atoms with E-state index in [1.54, 1.807) is 12.1 Å². The molecule has 0 spiro atoms. The quantitative estimate of drug-likeness (QED) is 0.672. The van der Waals surface area contributed by atoms with Gasteiger partial charge in [-0.2, -0.15) is 0 Å². The third-order valence-corrected chi connectivity index (χ3v) is 4.35. The molecule has 2 heteroatoms. The van der Waals surface area contributed by atoms with Gasteiger partial charge < -0.3 is 9.84 Å². The van der Waals surface area contributed by atoms with Crippen LogP contribution in [0.15, 0.2) is 53.6 Å². The first-order valence-corrected chi connectivity index (χ1v) is 8.62. The second-order valence-corrected chi connectivity index (χ2v) is 6.12. The molecule has 0 amide bonds. The highest BCUT2D eigenvalue weighted by atomic mass is 16.5. The summed E-state index contributed by atoms with van der Waals surface area (Å²) in [5.74, 6) is 0.309. The first-order valence-electron chi connectivity index (χ1n) is 8.62. The summed E-state index contributed by atoms with van der Waals surface area (Å²) in [6, 6.07) is 7.36. The van der Waals surface area contributed by atoms with Crippen molar-refractivity contribution in [2.75, 3.05) is 6.61 Å². The van der Waals surface area contributed by atoms with Crippen molar-refractivity contribution < 1.29 is 9.84 Å². The van der Waals surface area contributed by atoms with E-state index in [1.807, 2.05) is 12.1 Å². The minimum absolute atomic E-state index is 0.198. The summed E-state index contributed by atoms with van der Waals surface area (Å²) in [5.41, 5.74) is 5.09. The molecule has 2 rings (SSSR count). The molecule has 2 nitrogen and oxygen atoms in total. The number of ether oxygens (including phenoxy) is 1. The van der Waals surface area contributed by atoms with E-state index in [0.717, 1.165) is 37.7 Å². The van der Waals surface area contributed by atoms with Crippen molar-refractivity contribution >= 4 is 6.08 Å². The number of aromatic hydroxyl groups is 1. The van der Waals surface area contributed by atoms with Crippen molar-refractivity contribution in [3.63, 3.8) is 0 Å². The van der Waals surface area contributed by atoms with E-state index in [2.05, 4.69) is 32.6 Å². The SMILES string of the molecule is C=C(CCC)C1=CCOC1CC/C(=C/c1ccc(O)cc1)CC. The third-order valence-electron chi connectivity index (χ3n) is 4.35. The van der Waals surface area contributed by atoms with E-state index in [-0.39, 0.29) is 6.10 Å². The molecule has 0 saturated carbocycles. The maximum absolute atomic E-state index is 9.37. The summed E-state index contributed by atoms with van der Waals surface area (Å²) in [4.78, 5) is 0. The zero-order valence-corrected chi connectivity index (χ0v) is 14.3. The molecule has 1 N–H and O–H groups in total. The lowest BCUT2D eigenvalue weighted by molar-refractivity contribution is 0.116. The largest absolute Gasteiger partial charge is 0.508 e. The van der Waals surface area contributed by atoms with Crippen LogP contribution in [-0.4, -0.2) is 17.8 Å². The van der Waals surface area contributed by atoms with Gasteiger partial charge in [-0.25, -0.2) is 0 Å². The van der Waals surface area contributed by atoms with E-state index in [1.165, 1.54) is 16.7 Å². The molecule has 1 aromatic carbocycles. The molecule has 124 valence electrons. The Balaban J connectivity index is 1.96. The van der Waals surface area contributed by atoms with Crippen LogP contribution in [0.25, 0.3) is 6.08 Å². The monoisotopic (exact) mass is 312 g/mol. The molecule has 0 radical (unpaired) electrons. The number of phenolic OH excluding ortho intramolecular Hbond substituents is 1. The van der Waals surface area contributed by atoms with Crippen LogP contribution in [0, 0.1) is 0 Å². The van der Waals surface area contributed by atoms with Crippen molar-refractivity contribution in [2.24, 2.45) is 0 Å². The van der Waals surface area contributed by atoms with Crippen molar-refractivity contribution in [1.29, 1.82) is 0 Å². The van der Waals surface area contributed by atoms with Gasteiger partial charge >= 0.3 is 0 Å². The molecule has 1 atom stereocenters. The lowest BCUT2D eigenvalue weighted by Crippen LogP contribution is -2.11. The van der Waals surface area contributed by atoms with Gasteiger partial charge in [0.25, 0.3) is 0 Å². The van der Waals surface area contributed by atoms with Crippen LogP contribution in [0.4, 0.5) is 0 Å². The van der Waals surface area contributed by atoms with Gasteiger partial charge in [0.05, 0.1) is 12.7 Å². The van der Waals surface area contributed by atoms with Crippen LogP contribution in [0.1, 0.15) is 51.5 Å². The molecule has 1 aliphatic heterocycles. The minimum atomic E-state index is 0.198. The standard InChI is InChI=1S/C21H28O2/c1-4-6-16(3)20-13-14-23-21(20)12-9-17(5-2)15-18-7-10-19(22)11-8-18/h7-8,10-11,13,15,21-22H,3-6,9,12,14H2,1-2H3/b17-15+. The highest BCUT2D eigenvalue weighted by Crippen LogP contribution is 2.29. The Morgan fingerprint density at radius 2 is 2.00 bits per heavy atom. The number of rotatable bonds is 8. The Kier molecular flexibility index (Phi) is 6.66. The number of hydrogen-bond acceptors (Lipinski definition) is 2. The molecule has 0 saturated heterocycles. The van der Waals surface area contributed by atoms with Gasteiger partial charge in [0.1, 0.15) is 5.75 Å². The van der Waals surface area contributed by atoms with E-state index in [0.29, 0.717) is 12.4 Å². The number of benzene rings is 1.